The Labute approximate surface area is 143 Å². The summed E-state index contributed by atoms with van der Waals surface area (Å²) in [6.07, 6.45) is 0. The molecule has 0 atom stereocenters. The van der Waals surface area contributed by atoms with Gasteiger partial charge >= 0.3 is 0 Å². The minimum Gasteiger partial charge on any atom is -0.497 e. The van der Waals surface area contributed by atoms with Crippen molar-refractivity contribution in [1.82, 2.24) is 14.5 Å². The van der Waals surface area contributed by atoms with Crippen molar-refractivity contribution < 1.29 is 4.74 Å². The molecule has 3 rings (SSSR count). The zero-order valence-corrected chi connectivity index (χ0v) is 14.7. The van der Waals surface area contributed by atoms with Crippen LogP contribution in [0.4, 0.5) is 0 Å². The summed E-state index contributed by atoms with van der Waals surface area (Å²) in [6.45, 7) is 8.49. The summed E-state index contributed by atoms with van der Waals surface area (Å²) < 4.78 is 7.70. The Hall–Kier alpha value is -2.33. The number of fused-ring (bicyclic) bond motifs is 1. The third-order valence-corrected chi connectivity index (χ3v) is 4.52. The number of hydrogen-bond acceptors (Lipinski definition) is 3. The van der Waals surface area contributed by atoms with Gasteiger partial charge in [0.25, 0.3) is 0 Å². The maximum atomic E-state index is 5.38. The molecule has 2 aromatic carbocycles. The Kier molecular flexibility index (Phi) is 5.16. The standard InChI is InChI=1S/C20H25N3O/c1-4-22(5-2)13-14-23-19-12-7-6-11-18(19)21-20(23)16-9-8-10-17(15-16)24-3/h6-12,15H,4-5,13-14H2,1-3H3. The van der Waals surface area contributed by atoms with Crippen LogP contribution in [0.25, 0.3) is 22.4 Å². The van der Waals surface area contributed by atoms with E-state index in [0.29, 0.717) is 0 Å². The zero-order valence-electron chi connectivity index (χ0n) is 14.7. The summed E-state index contributed by atoms with van der Waals surface area (Å²) in [5.74, 6) is 1.86. The molecule has 0 aliphatic carbocycles. The molecule has 0 radical (unpaired) electrons. The van der Waals surface area contributed by atoms with Crippen molar-refractivity contribution in [2.45, 2.75) is 20.4 Å². The number of benzene rings is 2. The molecule has 1 heterocycles. The minimum atomic E-state index is 0.856. The number of aromatic nitrogens is 2. The number of hydrogen-bond donors (Lipinski definition) is 0. The molecule has 0 unspecified atom stereocenters. The van der Waals surface area contributed by atoms with Crippen molar-refractivity contribution in [2.75, 3.05) is 26.7 Å². The van der Waals surface area contributed by atoms with Gasteiger partial charge in [0.2, 0.25) is 0 Å². The van der Waals surface area contributed by atoms with Gasteiger partial charge in [-0.15, -0.1) is 0 Å². The number of nitrogens with zero attached hydrogens (tertiary/aromatic N) is 3. The van der Waals surface area contributed by atoms with E-state index >= 15 is 0 Å². The molecule has 0 bridgehead atoms. The first-order valence-electron chi connectivity index (χ1n) is 8.58. The number of likely N-dealkylation sites (N-methyl/N-ethyl adjacent to an activating group) is 1. The fourth-order valence-electron chi connectivity index (χ4n) is 3.07. The number of para-hydroxylation sites is 2. The Morgan fingerprint density at radius 1 is 1.04 bits per heavy atom. The first-order chi connectivity index (χ1) is 11.8. The van der Waals surface area contributed by atoms with Gasteiger partial charge in [-0.25, -0.2) is 4.98 Å². The van der Waals surface area contributed by atoms with Crippen molar-refractivity contribution in [2.24, 2.45) is 0 Å². The van der Waals surface area contributed by atoms with Gasteiger partial charge in [-0.3, -0.25) is 0 Å². The average molecular weight is 323 g/mol. The SMILES string of the molecule is CCN(CC)CCn1c(-c2cccc(OC)c2)nc2ccccc21. The van der Waals surface area contributed by atoms with E-state index in [1.165, 1.54) is 5.52 Å². The van der Waals surface area contributed by atoms with Gasteiger partial charge in [-0.1, -0.05) is 38.1 Å². The largest absolute Gasteiger partial charge is 0.497 e. The highest BCUT2D eigenvalue weighted by Crippen LogP contribution is 2.27. The molecule has 0 saturated heterocycles. The highest BCUT2D eigenvalue weighted by molar-refractivity contribution is 5.80. The van der Waals surface area contributed by atoms with Crippen molar-refractivity contribution in [1.29, 1.82) is 0 Å². The zero-order chi connectivity index (χ0) is 16.9. The third kappa shape index (κ3) is 3.29. The summed E-state index contributed by atoms with van der Waals surface area (Å²) in [5, 5.41) is 0. The smallest absolute Gasteiger partial charge is 0.141 e. The molecule has 3 aromatic rings. The monoisotopic (exact) mass is 323 g/mol. The van der Waals surface area contributed by atoms with E-state index < -0.39 is 0 Å². The molecule has 4 nitrogen and oxygen atoms in total. The van der Waals surface area contributed by atoms with Crippen LogP contribution in [0, 0.1) is 0 Å². The lowest BCUT2D eigenvalue weighted by Crippen LogP contribution is -2.27. The molecule has 1 aromatic heterocycles. The summed E-state index contributed by atoms with van der Waals surface area (Å²) in [7, 11) is 1.70. The third-order valence-electron chi connectivity index (χ3n) is 4.52. The molecule has 0 saturated carbocycles. The summed E-state index contributed by atoms with van der Waals surface area (Å²) in [6, 6.07) is 16.5. The molecular formula is C20H25N3O. The van der Waals surface area contributed by atoms with Gasteiger partial charge in [-0.05, 0) is 37.4 Å². The fraction of sp³-hybridized carbons (Fsp3) is 0.350. The van der Waals surface area contributed by atoms with Crippen LogP contribution >= 0.6 is 0 Å². The second-order valence-corrected chi connectivity index (χ2v) is 5.83. The van der Waals surface area contributed by atoms with E-state index in [1.54, 1.807) is 7.11 Å². The van der Waals surface area contributed by atoms with Gasteiger partial charge < -0.3 is 14.2 Å². The Balaban J connectivity index is 2.04. The summed E-state index contributed by atoms with van der Waals surface area (Å²) in [5.41, 5.74) is 3.31. The van der Waals surface area contributed by atoms with E-state index in [1.807, 2.05) is 18.2 Å². The first-order valence-corrected chi connectivity index (χ1v) is 8.58. The lowest BCUT2D eigenvalue weighted by Gasteiger charge is -2.19. The van der Waals surface area contributed by atoms with Crippen LogP contribution in [0.5, 0.6) is 5.75 Å². The van der Waals surface area contributed by atoms with Gasteiger partial charge in [0, 0.05) is 18.7 Å². The Morgan fingerprint density at radius 2 is 1.83 bits per heavy atom. The van der Waals surface area contributed by atoms with Crippen LogP contribution in [-0.2, 0) is 6.54 Å². The fourth-order valence-corrected chi connectivity index (χ4v) is 3.07. The molecule has 126 valence electrons. The molecule has 4 heteroatoms. The molecular weight excluding hydrogens is 298 g/mol. The topological polar surface area (TPSA) is 30.3 Å². The predicted molar refractivity (Wildman–Crippen MR) is 99.5 cm³/mol. The highest BCUT2D eigenvalue weighted by atomic mass is 16.5. The molecule has 0 aliphatic rings. The van der Waals surface area contributed by atoms with Gasteiger partial charge in [-0.2, -0.15) is 0 Å². The second-order valence-electron chi connectivity index (χ2n) is 5.83. The van der Waals surface area contributed by atoms with Gasteiger partial charge in [0.1, 0.15) is 11.6 Å². The summed E-state index contributed by atoms with van der Waals surface area (Å²) in [4.78, 5) is 7.31. The molecule has 0 N–H and O–H groups in total. The summed E-state index contributed by atoms with van der Waals surface area (Å²) >= 11 is 0. The number of imidazole rings is 1. The normalized spacial score (nSPS) is 11.3. The molecule has 0 amide bonds. The van der Waals surface area contributed by atoms with E-state index in [2.05, 4.69) is 53.6 Å². The van der Waals surface area contributed by atoms with Crippen LogP contribution in [0.15, 0.2) is 48.5 Å². The Morgan fingerprint density at radius 3 is 2.58 bits per heavy atom. The number of methoxy groups -OCH3 is 1. The van der Waals surface area contributed by atoms with Crippen LogP contribution in [0.1, 0.15) is 13.8 Å². The minimum absolute atomic E-state index is 0.856. The van der Waals surface area contributed by atoms with Crippen LogP contribution < -0.4 is 4.74 Å². The molecule has 24 heavy (non-hydrogen) atoms. The molecule has 0 aliphatic heterocycles. The van der Waals surface area contributed by atoms with E-state index in [0.717, 1.165) is 48.8 Å². The van der Waals surface area contributed by atoms with Crippen molar-refractivity contribution >= 4 is 11.0 Å². The molecule has 0 spiro atoms. The van der Waals surface area contributed by atoms with E-state index in [4.69, 9.17) is 9.72 Å². The van der Waals surface area contributed by atoms with Crippen LogP contribution in [0.2, 0.25) is 0 Å². The number of rotatable bonds is 7. The lowest BCUT2D eigenvalue weighted by molar-refractivity contribution is 0.292. The lowest BCUT2D eigenvalue weighted by atomic mass is 10.2. The van der Waals surface area contributed by atoms with E-state index in [-0.39, 0.29) is 0 Å². The average Bonchev–Trinajstić information content (AvgIpc) is 3.01. The quantitative estimate of drug-likeness (QED) is 0.657. The van der Waals surface area contributed by atoms with Crippen LogP contribution in [-0.4, -0.2) is 41.2 Å². The maximum absolute atomic E-state index is 5.38. The van der Waals surface area contributed by atoms with Gasteiger partial charge in [0.15, 0.2) is 0 Å². The highest BCUT2D eigenvalue weighted by Gasteiger charge is 2.13. The number of ether oxygens (including phenoxy) is 1. The Bertz CT molecular complexity index is 806. The molecule has 0 fully saturated rings. The first kappa shape index (κ1) is 16.5. The second kappa shape index (κ2) is 7.49. The van der Waals surface area contributed by atoms with Crippen molar-refractivity contribution in [3.05, 3.63) is 48.5 Å². The predicted octanol–water partition coefficient (Wildman–Crippen LogP) is 4.05. The van der Waals surface area contributed by atoms with Crippen LogP contribution in [0.3, 0.4) is 0 Å². The van der Waals surface area contributed by atoms with Crippen molar-refractivity contribution in [3.8, 4) is 17.1 Å². The van der Waals surface area contributed by atoms with Crippen molar-refractivity contribution in [3.63, 3.8) is 0 Å². The van der Waals surface area contributed by atoms with E-state index in [9.17, 15) is 0 Å². The maximum Gasteiger partial charge on any atom is 0.141 e. The van der Waals surface area contributed by atoms with Gasteiger partial charge in [0.05, 0.1) is 18.1 Å².